The Morgan fingerprint density at radius 1 is 1.08 bits per heavy atom. The van der Waals surface area contributed by atoms with Gasteiger partial charge in [0.1, 0.15) is 0 Å². The summed E-state index contributed by atoms with van der Waals surface area (Å²) in [5.74, 6) is 0. The highest BCUT2D eigenvalue weighted by Crippen LogP contribution is 1.93. The van der Waals surface area contributed by atoms with E-state index in [-0.39, 0.29) is 0 Å². The van der Waals surface area contributed by atoms with Crippen LogP contribution in [0.5, 0.6) is 0 Å². The van der Waals surface area contributed by atoms with Crippen LogP contribution in [0.25, 0.3) is 0 Å². The molecule has 76 valence electrons. The lowest BCUT2D eigenvalue weighted by molar-refractivity contribution is 1.50. The van der Waals surface area contributed by atoms with Crippen LogP contribution < -0.4 is 0 Å². The zero-order chi connectivity index (χ0) is 11.3. The lowest BCUT2D eigenvalue weighted by Gasteiger charge is -1.93. The van der Waals surface area contributed by atoms with E-state index in [2.05, 4.69) is 24.7 Å². The van der Waals surface area contributed by atoms with Gasteiger partial charge in [-0.15, -0.1) is 0 Å². The SMILES string of the molecule is C=CN=C(C=C)C(=C)C.CC.CC. The standard InChI is InChI=1S/C8H11N.2C2H6/c1-5-8(7(3)4)9-6-2;2*1-2/h5-6H,1-3H2,4H3;2*1-2H3. The summed E-state index contributed by atoms with van der Waals surface area (Å²) in [6.07, 6.45) is 3.13. The van der Waals surface area contributed by atoms with Crippen molar-refractivity contribution < 1.29 is 0 Å². The van der Waals surface area contributed by atoms with Gasteiger partial charge in [0.2, 0.25) is 0 Å². The van der Waals surface area contributed by atoms with Crippen molar-refractivity contribution in [1.29, 1.82) is 0 Å². The average molecular weight is 181 g/mol. The minimum Gasteiger partial charge on any atom is -0.257 e. The molecule has 1 heteroatoms. The fourth-order valence-corrected chi connectivity index (χ4v) is 0.435. The van der Waals surface area contributed by atoms with Gasteiger partial charge in [-0.25, -0.2) is 0 Å². The first-order valence-electron chi connectivity index (χ1n) is 4.69. The second-order valence-corrected chi connectivity index (χ2v) is 1.68. The number of nitrogens with zero attached hydrogens (tertiary/aromatic N) is 1. The Labute approximate surface area is 83.6 Å². The van der Waals surface area contributed by atoms with E-state index in [0.717, 1.165) is 11.3 Å². The normalized spacial score (nSPS) is 8.23. The molecule has 0 radical (unpaired) electrons. The fraction of sp³-hybridized carbons (Fsp3) is 0.417. The van der Waals surface area contributed by atoms with Crippen LogP contribution in [0, 0.1) is 0 Å². The highest BCUT2D eigenvalue weighted by atomic mass is 14.7. The number of aliphatic imine (C=N–C) groups is 1. The molecule has 0 aromatic heterocycles. The van der Waals surface area contributed by atoms with Crippen molar-refractivity contribution >= 4 is 5.71 Å². The predicted octanol–water partition coefficient (Wildman–Crippen LogP) is 4.39. The monoisotopic (exact) mass is 181 g/mol. The molecule has 0 fully saturated rings. The third-order valence-electron chi connectivity index (χ3n) is 0.861. The molecule has 0 aromatic rings. The van der Waals surface area contributed by atoms with E-state index in [1.807, 2.05) is 34.6 Å². The Balaban J connectivity index is -0.000000218. The fourth-order valence-electron chi connectivity index (χ4n) is 0.435. The molecule has 0 amide bonds. The summed E-state index contributed by atoms with van der Waals surface area (Å²) in [6.45, 7) is 20.6. The minimum absolute atomic E-state index is 0.796. The Bertz CT molecular complexity index is 164. The maximum absolute atomic E-state index is 3.91. The first-order valence-corrected chi connectivity index (χ1v) is 4.69. The van der Waals surface area contributed by atoms with Gasteiger partial charge in [-0.2, -0.15) is 0 Å². The van der Waals surface area contributed by atoms with Gasteiger partial charge < -0.3 is 0 Å². The van der Waals surface area contributed by atoms with Crippen molar-refractivity contribution in [3.05, 3.63) is 37.6 Å². The molecule has 0 heterocycles. The summed E-state index contributed by atoms with van der Waals surface area (Å²) >= 11 is 0. The van der Waals surface area contributed by atoms with Crippen LogP contribution in [-0.2, 0) is 0 Å². The van der Waals surface area contributed by atoms with Crippen molar-refractivity contribution in [3.63, 3.8) is 0 Å². The number of rotatable bonds is 3. The Kier molecular flexibility index (Phi) is 23.5. The Morgan fingerprint density at radius 2 is 1.46 bits per heavy atom. The highest BCUT2D eigenvalue weighted by molar-refractivity contribution is 6.07. The van der Waals surface area contributed by atoms with Gasteiger partial charge in [0.15, 0.2) is 0 Å². The molecular formula is C12H23N. The van der Waals surface area contributed by atoms with Gasteiger partial charge in [-0.05, 0) is 18.6 Å². The maximum atomic E-state index is 3.91. The van der Waals surface area contributed by atoms with Crippen LogP contribution >= 0.6 is 0 Å². The van der Waals surface area contributed by atoms with E-state index in [0.29, 0.717) is 0 Å². The van der Waals surface area contributed by atoms with Gasteiger partial charge in [0, 0.05) is 6.20 Å². The molecule has 0 spiro atoms. The average Bonchev–Trinajstić information content (AvgIpc) is 2.20. The van der Waals surface area contributed by atoms with Crippen LogP contribution in [0.3, 0.4) is 0 Å². The van der Waals surface area contributed by atoms with Crippen LogP contribution in [-0.4, -0.2) is 5.71 Å². The molecule has 0 unspecified atom stereocenters. The quantitative estimate of drug-likeness (QED) is 0.573. The van der Waals surface area contributed by atoms with E-state index < -0.39 is 0 Å². The molecule has 0 aromatic carbocycles. The van der Waals surface area contributed by atoms with E-state index in [4.69, 9.17) is 0 Å². The third-order valence-corrected chi connectivity index (χ3v) is 0.861. The number of allylic oxidation sites excluding steroid dienone is 2. The lowest BCUT2D eigenvalue weighted by atomic mass is 10.2. The van der Waals surface area contributed by atoms with Crippen molar-refractivity contribution in [2.45, 2.75) is 34.6 Å². The third kappa shape index (κ3) is 13.8. The van der Waals surface area contributed by atoms with E-state index in [1.54, 1.807) is 6.08 Å². The molecule has 0 rings (SSSR count). The molecular weight excluding hydrogens is 158 g/mol. The van der Waals surface area contributed by atoms with Crippen molar-refractivity contribution in [1.82, 2.24) is 0 Å². The molecule has 0 aliphatic heterocycles. The highest BCUT2D eigenvalue weighted by Gasteiger charge is 1.88. The van der Waals surface area contributed by atoms with Gasteiger partial charge in [-0.3, -0.25) is 4.99 Å². The van der Waals surface area contributed by atoms with Gasteiger partial charge in [0.05, 0.1) is 5.71 Å². The second kappa shape index (κ2) is 17.1. The number of hydrogen-bond acceptors (Lipinski definition) is 1. The van der Waals surface area contributed by atoms with Crippen LogP contribution in [0.1, 0.15) is 34.6 Å². The predicted molar refractivity (Wildman–Crippen MR) is 65.3 cm³/mol. The topological polar surface area (TPSA) is 12.4 Å². The summed E-state index contributed by atoms with van der Waals surface area (Å²) in [7, 11) is 0. The first kappa shape index (κ1) is 17.8. The van der Waals surface area contributed by atoms with Crippen molar-refractivity contribution in [2.75, 3.05) is 0 Å². The van der Waals surface area contributed by atoms with Gasteiger partial charge >= 0.3 is 0 Å². The van der Waals surface area contributed by atoms with E-state index in [1.165, 1.54) is 6.20 Å². The molecule has 0 aliphatic rings. The summed E-state index contributed by atoms with van der Waals surface area (Å²) in [6, 6.07) is 0. The van der Waals surface area contributed by atoms with Crippen LogP contribution in [0.2, 0.25) is 0 Å². The molecule has 0 aliphatic carbocycles. The Morgan fingerprint density at radius 3 is 1.54 bits per heavy atom. The summed E-state index contributed by atoms with van der Waals surface area (Å²) in [5, 5.41) is 0. The molecule has 0 saturated heterocycles. The summed E-state index contributed by atoms with van der Waals surface area (Å²) in [4.78, 5) is 3.91. The van der Waals surface area contributed by atoms with E-state index >= 15 is 0 Å². The molecule has 0 saturated carbocycles. The zero-order valence-electron chi connectivity index (χ0n) is 9.72. The number of hydrogen-bond donors (Lipinski definition) is 0. The van der Waals surface area contributed by atoms with Crippen LogP contribution in [0.15, 0.2) is 42.6 Å². The van der Waals surface area contributed by atoms with E-state index in [9.17, 15) is 0 Å². The molecule has 0 N–H and O–H groups in total. The molecule has 0 atom stereocenters. The maximum Gasteiger partial charge on any atom is 0.0646 e. The van der Waals surface area contributed by atoms with Crippen molar-refractivity contribution in [2.24, 2.45) is 4.99 Å². The summed E-state index contributed by atoms with van der Waals surface area (Å²) < 4.78 is 0. The van der Waals surface area contributed by atoms with Crippen molar-refractivity contribution in [3.8, 4) is 0 Å². The van der Waals surface area contributed by atoms with Gasteiger partial charge in [-0.1, -0.05) is 47.4 Å². The molecule has 13 heavy (non-hydrogen) atoms. The zero-order valence-corrected chi connectivity index (χ0v) is 9.72. The molecule has 1 nitrogen and oxygen atoms in total. The lowest BCUT2D eigenvalue weighted by Crippen LogP contribution is -1.90. The van der Waals surface area contributed by atoms with Gasteiger partial charge in [0.25, 0.3) is 0 Å². The minimum atomic E-state index is 0.796. The first-order chi connectivity index (χ1) is 6.22. The smallest absolute Gasteiger partial charge is 0.0646 e. The Hall–Kier alpha value is -1.11. The van der Waals surface area contributed by atoms with Crippen LogP contribution in [0.4, 0.5) is 0 Å². The summed E-state index contributed by atoms with van der Waals surface area (Å²) in [5.41, 5.74) is 1.70. The largest absolute Gasteiger partial charge is 0.257 e. The second-order valence-electron chi connectivity index (χ2n) is 1.68. The molecule has 0 bridgehead atoms.